The smallest absolute Gasteiger partial charge is 0.191 e. The third kappa shape index (κ3) is 4.58. The largest absolute Gasteiger partial charge is 0.354 e. The van der Waals surface area contributed by atoms with Gasteiger partial charge in [-0.1, -0.05) is 28.8 Å². The molecule has 11 heteroatoms. The van der Waals surface area contributed by atoms with Crippen molar-refractivity contribution in [1.29, 1.82) is 0 Å². The van der Waals surface area contributed by atoms with Gasteiger partial charge in [-0.25, -0.2) is 13.4 Å². The van der Waals surface area contributed by atoms with Gasteiger partial charge < -0.3 is 10.2 Å². The molecule has 0 aliphatic carbocycles. The lowest BCUT2D eigenvalue weighted by atomic mass is 10.1. The topological polar surface area (TPSA) is 88.1 Å². The van der Waals surface area contributed by atoms with Crippen molar-refractivity contribution in [2.75, 3.05) is 31.1 Å². The summed E-state index contributed by atoms with van der Waals surface area (Å²) in [6.07, 6.45) is 1.76. The number of fused-ring (bicyclic) bond motifs is 1. The SMILES string of the molecule is Cl.O=S(=O)(Cc1ccc(-c2csnn2)cc1)c1cc2c(N3CCNCC3)nccc2s1. The Hall–Kier alpha value is -2.11. The molecule has 0 bridgehead atoms. The first-order chi connectivity index (χ1) is 14.6. The number of rotatable bonds is 5. The summed E-state index contributed by atoms with van der Waals surface area (Å²) in [5.41, 5.74) is 2.48. The summed E-state index contributed by atoms with van der Waals surface area (Å²) in [5, 5.41) is 10.2. The van der Waals surface area contributed by atoms with E-state index in [1.54, 1.807) is 12.3 Å². The van der Waals surface area contributed by atoms with Crippen LogP contribution in [0, 0.1) is 0 Å². The van der Waals surface area contributed by atoms with Crippen LogP contribution < -0.4 is 10.2 Å². The molecule has 1 aliphatic rings. The minimum atomic E-state index is -3.46. The van der Waals surface area contributed by atoms with Gasteiger partial charge in [-0.15, -0.1) is 28.8 Å². The van der Waals surface area contributed by atoms with Gasteiger partial charge in [0.25, 0.3) is 0 Å². The van der Waals surface area contributed by atoms with E-state index in [0.717, 1.165) is 58.9 Å². The second-order valence-corrected chi connectivity index (χ2v) is 11.0. The normalized spacial score (nSPS) is 14.5. The second-order valence-electron chi connectivity index (χ2n) is 7.10. The number of sulfone groups is 1. The summed E-state index contributed by atoms with van der Waals surface area (Å²) in [7, 11) is -3.46. The predicted molar refractivity (Wildman–Crippen MR) is 128 cm³/mol. The van der Waals surface area contributed by atoms with Crippen molar-refractivity contribution in [2.24, 2.45) is 0 Å². The van der Waals surface area contributed by atoms with Crippen molar-refractivity contribution in [1.82, 2.24) is 19.9 Å². The van der Waals surface area contributed by atoms with Crippen LogP contribution in [0.5, 0.6) is 0 Å². The Kier molecular flexibility index (Phi) is 6.54. The molecule has 1 saturated heterocycles. The molecule has 3 aromatic heterocycles. The molecule has 0 radical (unpaired) electrons. The van der Waals surface area contributed by atoms with Gasteiger partial charge in [0.05, 0.1) is 5.75 Å². The molecule has 0 amide bonds. The van der Waals surface area contributed by atoms with Crippen LogP contribution in [0.15, 0.2) is 52.2 Å². The second kappa shape index (κ2) is 9.17. The van der Waals surface area contributed by atoms with Crippen molar-refractivity contribution >= 4 is 61.0 Å². The van der Waals surface area contributed by atoms with Gasteiger partial charge >= 0.3 is 0 Å². The lowest BCUT2D eigenvalue weighted by Gasteiger charge is -2.28. The minimum Gasteiger partial charge on any atom is -0.354 e. The van der Waals surface area contributed by atoms with Gasteiger partial charge in [0.2, 0.25) is 0 Å². The number of hydrogen-bond acceptors (Lipinski definition) is 9. The number of nitrogens with zero attached hydrogens (tertiary/aromatic N) is 4. The maximum atomic E-state index is 13.1. The number of nitrogens with one attached hydrogen (secondary N) is 1. The summed E-state index contributed by atoms with van der Waals surface area (Å²) in [6, 6.07) is 11.1. The van der Waals surface area contributed by atoms with E-state index in [4.69, 9.17) is 0 Å². The summed E-state index contributed by atoms with van der Waals surface area (Å²) >= 11 is 2.61. The lowest BCUT2D eigenvalue weighted by Crippen LogP contribution is -2.43. The van der Waals surface area contributed by atoms with E-state index in [-0.39, 0.29) is 18.2 Å². The third-order valence-electron chi connectivity index (χ3n) is 5.09. The first-order valence-electron chi connectivity index (χ1n) is 9.53. The van der Waals surface area contributed by atoms with Crippen LogP contribution in [0.2, 0.25) is 0 Å². The van der Waals surface area contributed by atoms with E-state index < -0.39 is 9.84 Å². The molecule has 0 unspecified atom stereocenters. The molecule has 4 heterocycles. The Morgan fingerprint density at radius 2 is 1.87 bits per heavy atom. The number of aromatic nitrogens is 3. The zero-order valence-corrected chi connectivity index (χ0v) is 19.7. The van der Waals surface area contributed by atoms with E-state index >= 15 is 0 Å². The fraction of sp³-hybridized carbons (Fsp3) is 0.250. The van der Waals surface area contributed by atoms with Gasteiger partial charge in [0.15, 0.2) is 9.84 Å². The molecule has 1 fully saturated rings. The molecule has 1 aliphatic heterocycles. The van der Waals surface area contributed by atoms with Gasteiger partial charge in [-0.2, -0.15) is 0 Å². The standard InChI is InChI=1S/C20H19N5O2S3.ClH/c26-30(27,13-14-1-3-15(4-2-14)17-12-28-24-23-17)19-11-16-18(29-19)5-6-22-20(16)25-9-7-21-8-10-25;/h1-6,11-12,21H,7-10,13H2;1H. The summed E-state index contributed by atoms with van der Waals surface area (Å²) in [5.74, 6) is 0.833. The number of thiophene rings is 1. The van der Waals surface area contributed by atoms with Gasteiger partial charge in [0, 0.05) is 53.4 Å². The number of hydrogen-bond donors (Lipinski definition) is 1. The Bertz CT molecular complexity index is 1270. The molecule has 162 valence electrons. The summed E-state index contributed by atoms with van der Waals surface area (Å²) < 4.78 is 31.4. The van der Waals surface area contributed by atoms with Crippen LogP contribution in [-0.2, 0) is 15.6 Å². The average molecular weight is 494 g/mol. The molecule has 1 N–H and O–H groups in total. The monoisotopic (exact) mass is 493 g/mol. The molecule has 0 spiro atoms. The van der Waals surface area contributed by atoms with Crippen LogP contribution in [0.4, 0.5) is 5.82 Å². The molecular formula is C20H20ClN5O2S3. The number of halogens is 1. The molecule has 7 nitrogen and oxygen atoms in total. The molecular weight excluding hydrogens is 474 g/mol. The number of piperazine rings is 1. The van der Waals surface area contributed by atoms with Gasteiger partial charge in [0.1, 0.15) is 15.7 Å². The van der Waals surface area contributed by atoms with Crippen molar-refractivity contribution in [2.45, 2.75) is 9.96 Å². The van der Waals surface area contributed by atoms with Crippen LogP contribution in [-0.4, -0.2) is 49.2 Å². The quantitative estimate of drug-likeness (QED) is 0.454. The Labute approximate surface area is 194 Å². The predicted octanol–water partition coefficient (Wildman–Crippen LogP) is 3.62. The first kappa shape index (κ1) is 22.1. The fourth-order valence-corrected chi connectivity index (χ4v) is 6.83. The maximum Gasteiger partial charge on any atom is 0.191 e. The van der Waals surface area contributed by atoms with Crippen LogP contribution in [0.3, 0.4) is 0 Å². The number of anilines is 1. The fourth-order valence-electron chi connectivity index (χ4n) is 3.56. The van der Waals surface area contributed by atoms with Crippen molar-refractivity contribution in [3.63, 3.8) is 0 Å². The molecule has 31 heavy (non-hydrogen) atoms. The van der Waals surface area contributed by atoms with E-state index in [2.05, 4.69) is 24.8 Å². The Morgan fingerprint density at radius 1 is 1.10 bits per heavy atom. The highest BCUT2D eigenvalue weighted by Crippen LogP contribution is 2.35. The first-order valence-corrected chi connectivity index (χ1v) is 12.8. The average Bonchev–Trinajstić information content (AvgIpc) is 3.45. The lowest BCUT2D eigenvalue weighted by molar-refractivity contribution is 0.586. The zero-order chi connectivity index (χ0) is 20.6. The molecule has 5 rings (SSSR count). The summed E-state index contributed by atoms with van der Waals surface area (Å²) in [6.45, 7) is 3.54. The van der Waals surface area contributed by atoms with Crippen molar-refractivity contribution in [3.8, 4) is 11.3 Å². The van der Waals surface area contributed by atoms with E-state index in [1.807, 2.05) is 35.7 Å². The van der Waals surface area contributed by atoms with Crippen LogP contribution >= 0.6 is 35.3 Å². The highest BCUT2D eigenvalue weighted by Gasteiger charge is 2.22. The maximum absolute atomic E-state index is 13.1. The van der Waals surface area contributed by atoms with Crippen molar-refractivity contribution in [3.05, 3.63) is 53.5 Å². The molecule has 0 atom stereocenters. The highest BCUT2D eigenvalue weighted by atomic mass is 35.5. The van der Waals surface area contributed by atoms with Gasteiger partial charge in [-0.05, 0) is 29.2 Å². The van der Waals surface area contributed by atoms with Crippen LogP contribution in [0.1, 0.15) is 5.56 Å². The number of pyridine rings is 1. The highest BCUT2D eigenvalue weighted by molar-refractivity contribution is 7.92. The minimum absolute atomic E-state index is 0. The van der Waals surface area contributed by atoms with E-state index in [0.29, 0.717) is 4.21 Å². The van der Waals surface area contributed by atoms with E-state index in [9.17, 15) is 8.42 Å². The van der Waals surface area contributed by atoms with Gasteiger partial charge in [-0.3, -0.25) is 0 Å². The third-order valence-corrected chi connectivity index (χ3v) is 8.95. The van der Waals surface area contributed by atoms with E-state index in [1.165, 1.54) is 22.9 Å². The Balaban J connectivity index is 0.00000231. The molecule has 0 saturated carbocycles. The molecule has 4 aromatic rings. The van der Waals surface area contributed by atoms with Crippen molar-refractivity contribution < 1.29 is 8.42 Å². The number of benzene rings is 1. The summed E-state index contributed by atoms with van der Waals surface area (Å²) in [4.78, 5) is 6.76. The van der Waals surface area contributed by atoms with Crippen LogP contribution in [0.25, 0.3) is 21.3 Å². The Morgan fingerprint density at radius 3 is 2.58 bits per heavy atom. The molecule has 1 aromatic carbocycles. The zero-order valence-electron chi connectivity index (χ0n) is 16.4.